The van der Waals surface area contributed by atoms with Crippen molar-refractivity contribution in [2.75, 3.05) is 101 Å². The number of ether oxygens (including phenoxy) is 2. The molecule has 4 atom stereocenters. The van der Waals surface area contributed by atoms with Gasteiger partial charge in [0.2, 0.25) is 5.91 Å². The Bertz CT molecular complexity index is 4770. The monoisotopic (exact) mass is 1440 g/mol. The van der Waals surface area contributed by atoms with Crippen LogP contribution in [0.5, 0.6) is 11.5 Å². The molecule has 4 aliphatic rings. The first-order valence-electron chi connectivity index (χ1n) is 34.7. The molecule has 102 heavy (non-hydrogen) atoms. The number of halogens is 6. The minimum Gasteiger partial charge on any atom is -0.507 e. The fraction of sp³-hybridized carbons (Fsp3) is 0.442. The number of benzene rings is 4. The number of amides is 3. The number of likely N-dealkylation sites (N-methyl/N-ethyl adjacent to an activating group) is 2. The van der Waals surface area contributed by atoms with Crippen LogP contribution < -0.4 is 35.5 Å². The highest BCUT2D eigenvalue weighted by Gasteiger charge is 2.50. The van der Waals surface area contributed by atoms with E-state index in [0.29, 0.717) is 78.4 Å². The van der Waals surface area contributed by atoms with Gasteiger partial charge in [0.15, 0.2) is 11.6 Å². The molecule has 8 heterocycles. The smallest absolute Gasteiger partial charge is 0.410 e. The normalized spacial score (nSPS) is 17.6. The summed E-state index contributed by atoms with van der Waals surface area (Å²) in [5, 5.41) is 11.1. The number of hydrogen-bond acceptors (Lipinski definition) is 14. The van der Waals surface area contributed by atoms with E-state index in [9.17, 15) is 19.5 Å². The van der Waals surface area contributed by atoms with Crippen molar-refractivity contribution in [1.82, 2.24) is 33.8 Å². The summed E-state index contributed by atoms with van der Waals surface area (Å²) < 4.78 is 80.4. The standard InChI is InChI=1S/C41H49ClF2N6O5.C36H40ClF2N5O3/c1-11-24-15-16-45-33(22(2)3)34(24)50-35-25(19-26(42)30(32(35)44)31-27(43)13-12-14-29(31)54-10)36-37(39(50)52)47(18-17-46(8)9)38(51)28-21-48(23(4)20-49(28)36)40(53)55-41(5,6)7;1-7-21-13-14-40-30(19(2)3)31(21)44-32-22(17-23(37)27(29(32)39)28-24(38)9-8-10-26(28)45)33-34(36(44)47)42(16-15-41(5)6)35(46)25-12-11-20(4)18-43(25)33/h12-16,19,22-23,28H,11,17-18,20-21H2,1-10H3;8-10,13-14,17,19-20,25,45H,7,11-12,15-16,18H2,1-6H3/t23-,28-;20-,25+/m10/s1. The van der Waals surface area contributed by atoms with Gasteiger partial charge in [-0.15, -0.1) is 0 Å². The first kappa shape index (κ1) is 74.4. The molecule has 0 unspecified atom stereocenters. The summed E-state index contributed by atoms with van der Waals surface area (Å²) in [7, 11) is 8.87. The van der Waals surface area contributed by atoms with Crippen LogP contribution in [-0.2, 0) is 27.2 Å². The van der Waals surface area contributed by atoms with Crippen molar-refractivity contribution < 1.29 is 46.5 Å². The van der Waals surface area contributed by atoms with Crippen LogP contribution in [0.2, 0.25) is 10.0 Å². The summed E-state index contributed by atoms with van der Waals surface area (Å²) >= 11 is 13.9. The van der Waals surface area contributed by atoms with Gasteiger partial charge in [-0.25, -0.2) is 22.4 Å². The van der Waals surface area contributed by atoms with Gasteiger partial charge in [-0.3, -0.25) is 38.3 Å². The summed E-state index contributed by atoms with van der Waals surface area (Å²) in [6.45, 7) is 22.7. The minimum atomic E-state index is -0.952. The number of phenolic OH excluding ortho intramolecular Hbond substituents is 1. The zero-order chi connectivity index (χ0) is 74.1. The number of rotatable bonds is 15. The number of hydrogen-bond donors (Lipinski definition) is 1. The van der Waals surface area contributed by atoms with Crippen molar-refractivity contribution in [3.05, 3.63) is 150 Å². The SMILES string of the molecule is CCc1ccnc(C(C)C)c1-n1c(=O)c2c(c3cc(Cl)c(-c4c(F)cccc4OC)c(F)c31)N1C[C@@H](C)N(C(=O)OC(C)(C)C)C[C@@H]1C(=O)N2CCN(C)C.CCc1ccnc(C(C)C)c1-n1c(=O)c2c(c3cc(Cl)c(-c4c(O)cccc4F)c(F)c31)N1C[C@@H](C)CC[C@@H]1C(=O)N2CCN(C)C. The van der Waals surface area contributed by atoms with E-state index in [1.807, 2.05) is 91.4 Å². The summed E-state index contributed by atoms with van der Waals surface area (Å²) in [5.41, 5.74) is 0.868. The lowest BCUT2D eigenvalue weighted by molar-refractivity contribution is -0.122. The molecule has 4 aromatic heterocycles. The number of pyridine rings is 4. The van der Waals surface area contributed by atoms with E-state index in [0.717, 1.165) is 23.6 Å². The Kier molecular flexibility index (Phi) is 21.3. The molecule has 3 amide bonds. The number of carbonyl (C=O) groups excluding carboxylic acids is 3. The predicted molar refractivity (Wildman–Crippen MR) is 395 cm³/mol. The maximum atomic E-state index is 18.0. The average molecular weight is 1440 g/mol. The molecule has 4 aliphatic heterocycles. The van der Waals surface area contributed by atoms with E-state index in [1.54, 1.807) is 61.2 Å². The van der Waals surface area contributed by atoms with E-state index in [-0.39, 0.29) is 116 Å². The maximum absolute atomic E-state index is 18.0. The Morgan fingerprint density at radius 1 is 0.627 bits per heavy atom. The molecular formula is C77H89Cl2F4N11O8. The molecule has 19 nitrogen and oxygen atoms in total. The molecule has 2 fully saturated rings. The lowest BCUT2D eigenvalue weighted by Gasteiger charge is -2.50. The number of methoxy groups -OCH3 is 1. The number of aromatic hydroxyl groups is 1. The third kappa shape index (κ3) is 13.2. The van der Waals surface area contributed by atoms with Crippen LogP contribution in [0.15, 0.2) is 82.6 Å². The maximum Gasteiger partial charge on any atom is 0.410 e. The number of fused-ring (bicyclic) bond motifs is 10. The Morgan fingerprint density at radius 2 is 1.09 bits per heavy atom. The van der Waals surface area contributed by atoms with Crippen molar-refractivity contribution in [1.29, 1.82) is 0 Å². The third-order valence-electron chi connectivity index (χ3n) is 19.6. The number of carbonyl (C=O) groups is 3. The number of aromatic nitrogens is 4. The molecule has 0 saturated carbocycles. The fourth-order valence-electron chi connectivity index (χ4n) is 14.8. The van der Waals surface area contributed by atoms with E-state index in [1.165, 1.54) is 62.4 Å². The van der Waals surface area contributed by atoms with Gasteiger partial charge >= 0.3 is 6.09 Å². The van der Waals surface area contributed by atoms with E-state index in [2.05, 4.69) is 16.9 Å². The van der Waals surface area contributed by atoms with Gasteiger partial charge in [-0.2, -0.15) is 0 Å². The number of piperazine rings is 1. The average Bonchev–Trinajstić information content (AvgIpc) is 0.704. The van der Waals surface area contributed by atoms with Crippen molar-refractivity contribution in [2.24, 2.45) is 5.92 Å². The molecule has 2 saturated heterocycles. The van der Waals surface area contributed by atoms with Gasteiger partial charge in [0, 0.05) is 79.6 Å². The van der Waals surface area contributed by atoms with E-state index in [4.69, 9.17) is 32.7 Å². The lowest BCUT2D eigenvalue weighted by Crippen LogP contribution is -2.67. The fourth-order valence-corrected chi connectivity index (χ4v) is 15.3. The van der Waals surface area contributed by atoms with Crippen molar-refractivity contribution in [2.45, 2.75) is 137 Å². The Morgan fingerprint density at radius 3 is 1.54 bits per heavy atom. The highest BCUT2D eigenvalue weighted by molar-refractivity contribution is 6.35. The van der Waals surface area contributed by atoms with Gasteiger partial charge in [-0.1, -0.05) is 83.8 Å². The van der Waals surface area contributed by atoms with Crippen LogP contribution >= 0.6 is 23.2 Å². The molecule has 0 bridgehead atoms. The second-order valence-electron chi connectivity index (χ2n) is 29.0. The number of phenols is 1. The minimum absolute atomic E-state index is 0.0434. The largest absolute Gasteiger partial charge is 0.507 e. The van der Waals surface area contributed by atoms with Gasteiger partial charge in [0.25, 0.3) is 17.0 Å². The topological polar surface area (TPSA) is 182 Å². The van der Waals surface area contributed by atoms with Gasteiger partial charge in [-0.05, 0) is 159 Å². The highest BCUT2D eigenvalue weighted by Crippen LogP contribution is 2.51. The van der Waals surface area contributed by atoms with Crippen molar-refractivity contribution in [3.8, 4) is 45.1 Å². The number of anilines is 4. The quantitative estimate of drug-likeness (QED) is 0.0957. The van der Waals surface area contributed by atoms with Crippen LogP contribution in [0.4, 0.5) is 45.1 Å². The van der Waals surface area contributed by atoms with E-state index < -0.39 is 75.5 Å². The first-order chi connectivity index (χ1) is 48.3. The molecule has 0 radical (unpaired) electrons. The van der Waals surface area contributed by atoms with Crippen LogP contribution in [-0.4, -0.2) is 162 Å². The molecule has 542 valence electrons. The molecule has 12 rings (SSSR count). The van der Waals surface area contributed by atoms with Crippen molar-refractivity contribution in [3.63, 3.8) is 0 Å². The second-order valence-corrected chi connectivity index (χ2v) is 29.8. The van der Waals surface area contributed by atoms with Crippen LogP contribution in [0.3, 0.4) is 0 Å². The lowest BCUT2D eigenvalue weighted by atomic mass is 9.89. The van der Waals surface area contributed by atoms with Crippen LogP contribution in [0.1, 0.15) is 123 Å². The molecule has 25 heteroatoms. The molecular weight excluding hydrogens is 1350 g/mol. The summed E-state index contributed by atoms with van der Waals surface area (Å²) in [5.74, 6) is -4.64. The molecule has 4 aromatic carbocycles. The number of nitrogens with zero attached hydrogens (tertiary/aromatic N) is 11. The Hall–Kier alpha value is -8.77. The van der Waals surface area contributed by atoms with Crippen LogP contribution in [0, 0.1) is 29.2 Å². The number of piperidine rings is 1. The second kappa shape index (κ2) is 29.2. The Balaban J connectivity index is 0.000000207. The molecule has 0 aliphatic carbocycles. The van der Waals surface area contributed by atoms with E-state index >= 15 is 27.2 Å². The third-order valence-corrected chi connectivity index (χ3v) is 20.2. The zero-order valence-corrected chi connectivity index (χ0v) is 62.2. The van der Waals surface area contributed by atoms with Gasteiger partial charge in [0.1, 0.15) is 52.2 Å². The summed E-state index contributed by atoms with van der Waals surface area (Å²) in [4.78, 5) is 94.7. The molecule has 8 aromatic rings. The predicted octanol–water partition coefficient (Wildman–Crippen LogP) is 14.3. The summed E-state index contributed by atoms with van der Waals surface area (Å²) in [6, 6.07) is 12.6. The highest BCUT2D eigenvalue weighted by atomic mass is 35.5. The first-order valence-corrected chi connectivity index (χ1v) is 35.5. The number of aryl methyl sites for hydroxylation is 2. The van der Waals surface area contributed by atoms with Crippen molar-refractivity contribution >= 4 is 85.7 Å². The van der Waals surface area contributed by atoms with Gasteiger partial charge in [0.05, 0.1) is 80.0 Å². The molecule has 1 N–H and O–H groups in total. The zero-order valence-electron chi connectivity index (χ0n) is 60.7. The summed E-state index contributed by atoms with van der Waals surface area (Å²) in [6.07, 6.45) is 5.16. The van der Waals surface area contributed by atoms with Gasteiger partial charge < -0.3 is 48.9 Å². The Labute approximate surface area is 601 Å². The molecule has 0 spiro atoms. The van der Waals surface area contributed by atoms with Crippen LogP contribution in [0.25, 0.3) is 55.4 Å².